The van der Waals surface area contributed by atoms with Gasteiger partial charge in [0.05, 0.1) is 0 Å². The van der Waals surface area contributed by atoms with E-state index >= 15 is 0 Å². The van der Waals surface area contributed by atoms with E-state index in [1.807, 2.05) is 7.05 Å². The van der Waals surface area contributed by atoms with E-state index in [0.29, 0.717) is 13.0 Å². The van der Waals surface area contributed by atoms with Gasteiger partial charge in [0.15, 0.2) is 0 Å². The van der Waals surface area contributed by atoms with E-state index < -0.39 is 0 Å². The van der Waals surface area contributed by atoms with Crippen LogP contribution < -0.4 is 5.32 Å². The number of nitrogens with zero attached hydrogens (tertiary/aromatic N) is 5. The molecule has 0 radical (unpaired) electrons. The lowest BCUT2D eigenvalue weighted by atomic mass is 10.4. The summed E-state index contributed by atoms with van der Waals surface area (Å²) in [5.74, 6) is 0.746. The van der Waals surface area contributed by atoms with Crippen LogP contribution in [0.15, 0.2) is 12.7 Å². The van der Waals surface area contributed by atoms with Crippen LogP contribution in [-0.4, -0.2) is 42.4 Å². The van der Waals surface area contributed by atoms with E-state index in [2.05, 4.69) is 30.7 Å². The molecule has 2 rings (SSSR count). The number of aromatic nitrogens is 6. The highest BCUT2D eigenvalue weighted by atomic mass is 16.2. The smallest absolute Gasteiger partial charge is 0.288 e. The van der Waals surface area contributed by atoms with Crippen LogP contribution in [0.25, 0.3) is 0 Å². The number of nitrogens with one attached hydrogen (secondary N) is 2. The summed E-state index contributed by atoms with van der Waals surface area (Å²) in [6.07, 6.45) is 3.53. The number of aromatic amines is 1. The van der Waals surface area contributed by atoms with Gasteiger partial charge in [0, 0.05) is 20.0 Å². The van der Waals surface area contributed by atoms with Crippen molar-refractivity contribution in [3.8, 4) is 0 Å². The maximum absolute atomic E-state index is 11.4. The van der Waals surface area contributed by atoms with Gasteiger partial charge in [-0.25, -0.2) is 4.98 Å². The summed E-state index contributed by atoms with van der Waals surface area (Å²) in [6, 6.07) is 0. The lowest BCUT2D eigenvalue weighted by Crippen LogP contribution is -2.27. The summed E-state index contributed by atoms with van der Waals surface area (Å²) in [7, 11) is 1.85. The predicted molar refractivity (Wildman–Crippen MR) is 53.4 cm³/mol. The Morgan fingerprint density at radius 2 is 2.50 bits per heavy atom. The summed E-state index contributed by atoms with van der Waals surface area (Å²) in [6.45, 7) is 0.478. The van der Waals surface area contributed by atoms with Crippen molar-refractivity contribution in [1.29, 1.82) is 0 Å². The van der Waals surface area contributed by atoms with Gasteiger partial charge in [0.25, 0.3) is 5.91 Å². The summed E-state index contributed by atoms with van der Waals surface area (Å²) in [5, 5.41) is 16.4. The van der Waals surface area contributed by atoms with Gasteiger partial charge in [-0.15, -0.1) is 10.2 Å². The average Bonchev–Trinajstić information content (AvgIpc) is 2.90. The summed E-state index contributed by atoms with van der Waals surface area (Å²) >= 11 is 0. The van der Waals surface area contributed by atoms with E-state index in [1.54, 1.807) is 10.9 Å². The van der Waals surface area contributed by atoms with Crippen LogP contribution in [-0.2, 0) is 13.5 Å². The molecule has 8 nitrogen and oxygen atoms in total. The number of aryl methyl sites for hydroxylation is 1. The number of hydrogen-bond donors (Lipinski definition) is 2. The first-order chi connectivity index (χ1) is 7.77. The fourth-order valence-electron chi connectivity index (χ4n) is 1.22. The first kappa shape index (κ1) is 10.3. The molecule has 84 valence electrons. The van der Waals surface area contributed by atoms with Gasteiger partial charge in [0.1, 0.15) is 18.5 Å². The van der Waals surface area contributed by atoms with Gasteiger partial charge >= 0.3 is 0 Å². The second-order valence-corrected chi connectivity index (χ2v) is 3.20. The van der Waals surface area contributed by atoms with Crippen molar-refractivity contribution in [1.82, 2.24) is 35.3 Å². The molecule has 0 atom stereocenters. The third-order valence-corrected chi connectivity index (χ3v) is 2.07. The molecule has 0 fully saturated rings. The molecule has 0 spiro atoms. The molecule has 0 saturated heterocycles. The highest BCUT2D eigenvalue weighted by Crippen LogP contribution is 1.92. The zero-order valence-electron chi connectivity index (χ0n) is 8.71. The third-order valence-electron chi connectivity index (χ3n) is 2.07. The first-order valence-electron chi connectivity index (χ1n) is 4.74. The maximum Gasteiger partial charge on any atom is 0.288 e. The standard InChI is InChI=1S/C8H11N7O/c1-15-5-12-13-6(15)2-3-9-8(16)7-10-4-11-14-7/h4-5H,2-3H2,1H3,(H,9,16)(H,10,11,14). The van der Waals surface area contributed by atoms with E-state index in [-0.39, 0.29) is 11.7 Å². The van der Waals surface area contributed by atoms with Gasteiger partial charge in [-0.2, -0.15) is 5.10 Å². The highest BCUT2D eigenvalue weighted by Gasteiger charge is 2.08. The predicted octanol–water partition coefficient (Wildman–Crippen LogP) is -1.09. The van der Waals surface area contributed by atoms with Crippen LogP contribution in [0, 0.1) is 0 Å². The van der Waals surface area contributed by atoms with Crippen molar-refractivity contribution in [2.45, 2.75) is 6.42 Å². The monoisotopic (exact) mass is 221 g/mol. The molecule has 2 aromatic rings. The Morgan fingerprint density at radius 1 is 1.62 bits per heavy atom. The van der Waals surface area contributed by atoms with Crippen molar-refractivity contribution >= 4 is 5.91 Å². The normalized spacial score (nSPS) is 10.3. The number of carbonyl (C=O) groups excluding carboxylic acids is 1. The number of carbonyl (C=O) groups is 1. The first-order valence-corrected chi connectivity index (χ1v) is 4.74. The molecular formula is C8H11N7O. The Bertz CT molecular complexity index is 460. The SMILES string of the molecule is Cn1cnnc1CCNC(=O)c1ncn[nH]1. The van der Waals surface area contributed by atoms with E-state index in [0.717, 1.165) is 5.82 Å². The van der Waals surface area contributed by atoms with Gasteiger partial charge in [-0.05, 0) is 0 Å². The third kappa shape index (κ3) is 2.22. The Morgan fingerprint density at radius 3 is 3.12 bits per heavy atom. The zero-order chi connectivity index (χ0) is 11.4. The second kappa shape index (κ2) is 4.51. The lowest BCUT2D eigenvalue weighted by molar-refractivity contribution is 0.0944. The van der Waals surface area contributed by atoms with Crippen molar-refractivity contribution in [2.24, 2.45) is 7.05 Å². The molecule has 0 saturated carbocycles. The Labute approximate surface area is 91.1 Å². The van der Waals surface area contributed by atoms with Crippen LogP contribution in [0.5, 0.6) is 0 Å². The molecule has 0 aliphatic carbocycles. The highest BCUT2D eigenvalue weighted by molar-refractivity contribution is 5.90. The molecule has 16 heavy (non-hydrogen) atoms. The number of amides is 1. The molecule has 2 aromatic heterocycles. The molecular weight excluding hydrogens is 210 g/mol. The summed E-state index contributed by atoms with van der Waals surface area (Å²) in [5.41, 5.74) is 0. The van der Waals surface area contributed by atoms with Crippen molar-refractivity contribution in [3.63, 3.8) is 0 Å². The van der Waals surface area contributed by atoms with Crippen LogP contribution in [0.2, 0.25) is 0 Å². The van der Waals surface area contributed by atoms with Crippen molar-refractivity contribution < 1.29 is 4.79 Å². The molecule has 2 heterocycles. The number of hydrogen-bond acceptors (Lipinski definition) is 5. The quantitative estimate of drug-likeness (QED) is 0.682. The minimum absolute atomic E-state index is 0.206. The minimum atomic E-state index is -0.278. The molecule has 0 aliphatic rings. The molecule has 1 amide bonds. The van der Waals surface area contributed by atoms with E-state index in [1.165, 1.54) is 6.33 Å². The molecule has 0 bridgehead atoms. The van der Waals surface area contributed by atoms with Crippen LogP contribution in [0.3, 0.4) is 0 Å². The summed E-state index contributed by atoms with van der Waals surface area (Å²) < 4.78 is 1.81. The lowest BCUT2D eigenvalue weighted by Gasteiger charge is -2.02. The van der Waals surface area contributed by atoms with Crippen molar-refractivity contribution in [2.75, 3.05) is 6.54 Å². The maximum atomic E-state index is 11.4. The topological polar surface area (TPSA) is 101 Å². The largest absolute Gasteiger partial charge is 0.349 e. The second-order valence-electron chi connectivity index (χ2n) is 3.20. The Hall–Kier alpha value is -2.25. The molecule has 0 aliphatic heterocycles. The van der Waals surface area contributed by atoms with Gasteiger partial charge in [-0.1, -0.05) is 0 Å². The van der Waals surface area contributed by atoms with Gasteiger partial charge in [-0.3, -0.25) is 9.89 Å². The van der Waals surface area contributed by atoms with Crippen LogP contribution in [0.4, 0.5) is 0 Å². The fraction of sp³-hybridized carbons (Fsp3) is 0.375. The molecule has 0 unspecified atom stereocenters. The molecule has 0 aromatic carbocycles. The van der Waals surface area contributed by atoms with E-state index in [9.17, 15) is 4.79 Å². The Kier molecular flexibility index (Phi) is 2.90. The Balaban J connectivity index is 1.81. The van der Waals surface area contributed by atoms with Crippen LogP contribution in [0.1, 0.15) is 16.4 Å². The van der Waals surface area contributed by atoms with Crippen molar-refractivity contribution in [3.05, 3.63) is 24.3 Å². The molecule has 8 heteroatoms. The zero-order valence-corrected chi connectivity index (χ0v) is 8.71. The van der Waals surface area contributed by atoms with Crippen LogP contribution >= 0.6 is 0 Å². The minimum Gasteiger partial charge on any atom is -0.349 e. The average molecular weight is 221 g/mol. The summed E-state index contributed by atoms with van der Waals surface area (Å²) in [4.78, 5) is 15.2. The number of rotatable bonds is 4. The molecule has 2 N–H and O–H groups in total. The van der Waals surface area contributed by atoms with Gasteiger partial charge in [0.2, 0.25) is 5.82 Å². The number of H-pyrrole nitrogens is 1. The van der Waals surface area contributed by atoms with E-state index in [4.69, 9.17) is 0 Å². The van der Waals surface area contributed by atoms with Gasteiger partial charge < -0.3 is 9.88 Å². The fourth-order valence-corrected chi connectivity index (χ4v) is 1.22.